The summed E-state index contributed by atoms with van der Waals surface area (Å²) in [5.41, 5.74) is 8.18. The molecule has 5 aromatic carbocycles. The molecule has 9 heteroatoms. The van der Waals surface area contributed by atoms with Gasteiger partial charge in [-0.05, 0) is 159 Å². The number of fused-ring (bicyclic) bond motifs is 6. The van der Waals surface area contributed by atoms with Crippen LogP contribution >= 0.6 is 11.8 Å². The third kappa shape index (κ3) is 7.85. The van der Waals surface area contributed by atoms with Crippen LogP contribution in [-0.4, -0.2) is 56.6 Å². The van der Waals surface area contributed by atoms with Gasteiger partial charge < -0.3 is 29.0 Å². The van der Waals surface area contributed by atoms with Crippen LogP contribution in [0.2, 0.25) is 0 Å². The summed E-state index contributed by atoms with van der Waals surface area (Å²) in [6.45, 7) is 19.2. The summed E-state index contributed by atoms with van der Waals surface area (Å²) in [7, 11) is 4.87. The molecule has 8 nitrogen and oxygen atoms in total. The van der Waals surface area contributed by atoms with Crippen molar-refractivity contribution in [1.82, 2.24) is 0 Å². The van der Waals surface area contributed by atoms with E-state index in [9.17, 15) is 14.7 Å². The van der Waals surface area contributed by atoms with Crippen LogP contribution in [0.5, 0.6) is 11.5 Å². The third-order valence-electron chi connectivity index (χ3n) is 14.2. The molecular weight excluding hydrogens is 829 g/mol. The van der Waals surface area contributed by atoms with Gasteiger partial charge in [0.1, 0.15) is 18.0 Å². The van der Waals surface area contributed by atoms with Crippen LogP contribution in [0.15, 0.2) is 136 Å². The van der Waals surface area contributed by atoms with E-state index in [0.29, 0.717) is 12.8 Å². The van der Waals surface area contributed by atoms with Gasteiger partial charge in [0.15, 0.2) is 5.71 Å². The smallest absolute Gasteiger partial charge is 0.311 e. The number of carboxylic acids is 1. The number of benzene rings is 5. The lowest BCUT2D eigenvalue weighted by Gasteiger charge is -2.37. The van der Waals surface area contributed by atoms with E-state index in [1.165, 1.54) is 51.8 Å². The summed E-state index contributed by atoms with van der Waals surface area (Å²) in [5.74, 6) is 0.122. The molecule has 0 spiro atoms. The fourth-order valence-corrected chi connectivity index (χ4v) is 11.6. The first kappa shape index (κ1) is 45.5. The maximum atomic E-state index is 13.6. The molecule has 0 bridgehead atoms. The average Bonchev–Trinajstić information content (AvgIpc) is 3.67. The highest BCUT2D eigenvalue weighted by molar-refractivity contribution is 8.03. The van der Waals surface area contributed by atoms with Gasteiger partial charge >= 0.3 is 5.97 Å². The Morgan fingerprint density at radius 3 is 2.02 bits per heavy atom. The van der Waals surface area contributed by atoms with E-state index in [1.54, 1.807) is 38.1 Å². The molecule has 1 atom stereocenters. The Kier molecular flexibility index (Phi) is 12.2. The van der Waals surface area contributed by atoms with Gasteiger partial charge in [-0.25, -0.2) is 0 Å². The molecule has 65 heavy (non-hydrogen) atoms. The molecule has 0 N–H and O–H groups in total. The fourth-order valence-electron chi connectivity index (χ4n) is 10.6. The maximum absolute atomic E-state index is 13.6. The van der Waals surface area contributed by atoms with Crippen molar-refractivity contribution in [2.24, 2.45) is 11.3 Å². The lowest BCUT2D eigenvalue weighted by atomic mass is 9.69. The number of rotatable bonds is 12. The number of allylic oxidation sites excluding steroid dienone is 7. The molecule has 0 aromatic heterocycles. The number of aromatic carboxylic acids is 1. The minimum absolute atomic E-state index is 0.0842. The van der Waals surface area contributed by atoms with Crippen molar-refractivity contribution in [1.29, 1.82) is 0 Å². The molecule has 0 amide bonds. The molecule has 2 aliphatic heterocycles. The number of likely N-dealkylation sites (N-methyl/N-ethyl adjacent to an activating group) is 1. The normalized spacial score (nSPS) is 19.2. The van der Waals surface area contributed by atoms with Crippen molar-refractivity contribution in [2.75, 3.05) is 39.3 Å². The van der Waals surface area contributed by atoms with E-state index in [0.717, 1.165) is 56.3 Å². The zero-order valence-corrected chi connectivity index (χ0v) is 40.4. The van der Waals surface area contributed by atoms with Gasteiger partial charge in [-0.1, -0.05) is 68.1 Å². The summed E-state index contributed by atoms with van der Waals surface area (Å²) in [6, 6.07) is 28.4. The predicted octanol–water partition coefficient (Wildman–Crippen LogP) is 11.6. The van der Waals surface area contributed by atoms with Crippen LogP contribution in [0, 0.1) is 11.3 Å². The Balaban J connectivity index is 1.31. The molecule has 0 radical (unpaired) electrons. The Hall–Kier alpha value is -6.06. The van der Waals surface area contributed by atoms with Crippen molar-refractivity contribution in [3.8, 4) is 11.5 Å². The van der Waals surface area contributed by atoms with Crippen LogP contribution < -0.4 is 19.5 Å². The molecule has 1 aliphatic carbocycles. The van der Waals surface area contributed by atoms with Gasteiger partial charge in [-0.15, -0.1) is 0 Å². The number of nitrogens with zero attached hydrogens (tertiary/aromatic N) is 2. The van der Waals surface area contributed by atoms with E-state index in [4.69, 9.17) is 14.2 Å². The number of carbonyl (C=O) groups is 2. The monoisotopic (exact) mass is 888 g/mol. The first-order valence-electron chi connectivity index (χ1n) is 22.6. The summed E-state index contributed by atoms with van der Waals surface area (Å²) >= 11 is 1.63. The summed E-state index contributed by atoms with van der Waals surface area (Å²) in [5, 5.41) is 16.5. The van der Waals surface area contributed by atoms with Crippen LogP contribution in [-0.2, 0) is 20.4 Å². The van der Waals surface area contributed by atoms with Crippen molar-refractivity contribution >= 4 is 62.3 Å². The van der Waals surface area contributed by atoms with Gasteiger partial charge in [0.2, 0.25) is 5.69 Å². The predicted molar refractivity (Wildman–Crippen MR) is 263 cm³/mol. The average molecular weight is 889 g/mol. The minimum Gasteiger partial charge on any atom is -0.545 e. The molecule has 0 saturated carbocycles. The lowest BCUT2D eigenvalue weighted by molar-refractivity contribution is -0.433. The summed E-state index contributed by atoms with van der Waals surface area (Å²) in [4.78, 5) is 29.8. The molecule has 5 aromatic rings. The number of carbonyl (C=O) groups excluding carboxylic acids is 2. The number of thioether (sulfide) groups is 1. The van der Waals surface area contributed by atoms with Crippen molar-refractivity contribution in [3.63, 3.8) is 0 Å². The summed E-state index contributed by atoms with van der Waals surface area (Å²) in [6.07, 6.45) is 10.4. The fraction of sp³-hybridized carbons (Fsp3) is 0.339. The molecule has 8 rings (SSSR count). The molecule has 1 unspecified atom stereocenters. The molecule has 0 fully saturated rings. The lowest BCUT2D eigenvalue weighted by Crippen LogP contribution is -2.36. The number of hydrogen-bond acceptors (Lipinski definition) is 8. The highest BCUT2D eigenvalue weighted by Crippen LogP contribution is 2.53. The first-order valence-corrected chi connectivity index (χ1v) is 23.4. The van der Waals surface area contributed by atoms with E-state index in [-0.39, 0.29) is 28.3 Å². The number of methoxy groups -OCH3 is 3. The van der Waals surface area contributed by atoms with Crippen molar-refractivity contribution in [3.05, 3.63) is 148 Å². The quantitative estimate of drug-likeness (QED) is 0.0904. The van der Waals surface area contributed by atoms with Crippen molar-refractivity contribution in [2.45, 2.75) is 84.0 Å². The van der Waals surface area contributed by atoms with E-state index >= 15 is 0 Å². The van der Waals surface area contributed by atoms with Gasteiger partial charge in [0, 0.05) is 50.9 Å². The van der Waals surface area contributed by atoms with Gasteiger partial charge in [-0.3, -0.25) is 4.79 Å². The zero-order chi connectivity index (χ0) is 46.6. The van der Waals surface area contributed by atoms with Gasteiger partial charge in [0.25, 0.3) is 0 Å². The second-order valence-corrected chi connectivity index (χ2v) is 20.0. The SMILES string of the molecule is CCN1/C(=C/C=C2\CC(C(C)(C)C(=O)OC)CC(/C=C/C3=[N+](CC)c4ccc5cc(OC)ccc5c4C3(C)C)=C2Sc2ccc(C(=O)[O-])cc2)C(C)(C)c2c1ccc1cc(OC)ccc21. The maximum Gasteiger partial charge on any atom is 0.311 e. The standard InChI is InChI=1S/C56H60N2O6S/c1-12-57-45-26-16-35-32-40(62-9)20-24-43(35)49(45)55(5,6)47(57)28-18-37-30-39(54(3,4)53(61)64-11)31-38(51(37)65-42-22-14-34(15-23-42)52(59)60)19-29-48-56(7,8)50-44-25-21-41(63-10)33-36(44)17-27-46(50)58(48)13-2/h14-29,32-33,39H,12-13,30-31H2,1-11H3. The Labute approximate surface area is 388 Å². The Morgan fingerprint density at radius 2 is 1.43 bits per heavy atom. The van der Waals surface area contributed by atoms with E-state index < -0.39 is 11.4 Å². The molecule has 2 heterocycles. The second-order valence-electron chi connectivity index (χ2n) is 18.9. The first-order chi connectivity index (χ1) is 31.0. The minimum atomic E-state index is -1.21. The zero-order valence-electron chi connectivity index (χ0n) is 39.6. The Bertz CT molecular complexity index is 2910. The van der Waals surface area contributed by atoms with Crippen LogP contribution in [0.25, 0.3) is 21.5 Å². The van der Waals surface area contributed by atoms with Crippen LogP contribution in [0.1, 0.15) is 89.7 Å². The van der Waals surface area contributed by atoms with Crippen LogP contribution in [0.3, 0.4) is 0 Å². The van der Waals surface area contributed by atoms with Gasteiger partial charge in [-0.2, -0.15) is 4.58 Å². The number of carboxylic acid groups (broad SMARTS) is 1. The number of hydrogen-bond donors (Lipinski definition) is 0. The number of esters is 1. The highest BCUT2D eigenvalue weighted by Gasteiger charge is 2.46. The topological polar surface area (TPSA) is 91.1 Å². The highest BCUT2D eigenvalue weighted by atomic mass is 32.2. The van der Waals surface area contributed by atoms with Gasteiger partial charge in [0.05, 0.1) is 38.1 Å². The van der Waals surface area contributed by atoms with E-state index in [1.807, 2.05) is 38.1 Å². The molecule has 336 valence electrons. The van der Waals surface area contributed by atoms with Crippen LogP contribution in [0.4, 0.5) is 11.4 Å². The van der Waals surface area contributed by atoms with Crippen molar-refractivity contribution < 1.29 is 33.5 Å². The third-order valence-corrected chi connectivity index (χ3v) is 15.4. The Morgan fingerprint density at radius 1 is 0.800 bits per heavy atom. The largest absolute Gasteiger partial charge is 0.545 e. The van der Waals surface area contributed by atoms with E-state index in [2.05, 4.69) is 124 Å². The molecular formula is C56H60N2O6S. The molecule has 3 aliphatic rings. The molecule has 0 saturated heterocycles. The number of ether oxygens (including phenoxy) is 3. The summed E-state index contributed by atoms with van der Waals surface area (Å²) < 4.78 is 19.1. The second kappa shape index (κ2) is 17.4. The number of anilines is 1.